The summed E-state index contributed by atoms with van der Waals surface area (Å²) in [7, 11) is 0. The van der Waals surface area contributed by atoms with Gasteiger partial charge < -0.3 is 9.64 Å². The van der Waals surface area contributed by atoms with Crippen molar-refractivity contribution in [3.8, 4) is 0 Å². The average molecular weight is 436 g/mol. The van der Waals surface area contributed by atoms with E-state index in [1.807, 2.05) is 37.8 Å². The lowest BCUT2D eigenvalue weighted by Gasteiger charge is -2.49. The van der Waals surface area contributed by atoms with Crippen LogP contribution in [-0.2, 0) is 4.74 Å². The summed E-state index contributed by atoms with van der Waals surface area (Å²) in [6.45, 7) is 13.9. The lowest BCUT2D eigenvalue weighted by atomic mass is 9.75. The Morgan fingerprint density at radius 2 is 2.00 bits per heavy atom. The summed E-state index contributed by atoms with van der Waals surface area (Å²) in [5, 5.41) is 8.79. The average Bonchev–Trinajstić information content (AvgIpc) is 2.63. The van der Waals surface area contributed by atoms with Gasteiger partial charge in [0, 0.05) is 22.7 Å². The molecule has 2 bridgehead atoms. The molecule has 2 saturated heterocycles. The van der Waals surface area contributed by atoms with Crippen molar-refractivity contribution < 1.29 is 9.53 Å². The second kappa shape index (κ2) is 9.09. The summed E-state index contributed by atoms with van der Waals surface area (Å²) in [4.78, 5) is 15.8. The zero-order chi connectivity index (χ0) is 21.2. The first-order chi connectivity index (χ1) is 13.7. The van der Waals surface area contributed by atoms with Crippen LogP contribution in [0.1, 0.15) is 58.6 Å². The number of rotatable bonds is 5. The second-order valence-electron chi connectivity index (χ2n) is 8.80. The Kier molecular flexibility index (Phi) is 6.94. The number of fused-ring (bicyclic) bond motifs is 2. The topological polar surface area (TPSA) is 55.3 Å². The van der Waals surface area contributed by atoms with Gasteiger partial charge in [0.05, 0.1) is 0 Å². The molecule has 158 valence electrons. The second-order valence-corrected chi connectivity index (χ2v) is 10.2. The van der Waals surface area contributed by atoms with Crippen molar-refractivity contribution in [1.29, 1.82) is 0 Å². The Labute approximate surface area is 182 Å². The number of ether oxygens (including phenoxy) is 1. The molecule has 1 aromatic rings. The first kappa shape index (κ1) is 22.2. The van der Waals surface area contributed by atoms with E-state index in [1.165, 1.54) is 0 Å². The number of allylic oxidation sites excluding steroid dienone is 1. The number of halogens is 1. The van der Waals surface area contributed by atoms with Crippen molar-refractivity contribution in [2.45, 2.75) is 75.5 Å². The summed E-state index contributed by atoms with van der Waals surface area (Å²) in [6, 6.07) is 2.21. The number of piperidine rings is 2. The van der Waals surface area contributed by atoms with Gasteiger partial charge in [0.15, 0.2) is 5.15 Å². The maximum absolute atomic E-state index is 12.8. The van der Waals surface area contributed by atoms with Crippen molar-refractivity contribution in [3.05, 3.63) is 36.1 Å². The van der Waals surface area contributed by atoms with E-state index in [9.17, 15) is 4.79 Å². The molecule has 0 aliphatic carbocycles. The number of carbonyl (C=O) groups excluding carboxylic acids is 1. The minimum atomic E-state index is -0.484. The Bertz CT molecular complexity index is 779. The van der Waals surface area contributed by atoms with Crippen molar-refractivity contribution in [1.82, 2.24) is 15.1 Å². The van der Waals surface area contributed by atoms with Gasteiger partial charge in [-0.1, -0.05) is 24.3 Å². The van der Waals surface area contributed by atoms with Crippen LogP contribution in [0, 0.1) is 5.92 Å². The molecule has 0 saturated carbocycles. The molecule has 5 nitrogen and oxygen atoms in total. The third-order valence-electron chi connectivity index (χ3n) is 5.46. The highest BCUT2D eigenvalue weighted by molar-refractivity contribution is 7.99. The Morgan fingerprint density at radius 1 is 1.34 bits per heavy atom. The van der Waals surface area contributed by atoms with E-state index in [0.717, 1.165) is 54.0 Å². The number of thioether (sulfide) groups is 1. The van der Waals surface area contributed by atoms with Crippen LogP contribution >= 0.6 is 23.4 Å². The maximum Gasteiger partial charge on any atom is 0.410 e. The van der Waals surface area contributed by atoms with Gasteiger partial charge in [-0.3, -0.25) is 0 Å². The van der Waals surface area contributed by atoms with E-state index < -0.39 is 5.60 Å². The van der Waals surface area contributed by atoms with Gasteiger partial charge in [0.1, 0.15) is 11.3 Å². The molecule has 1 unspecified atom stereocenters. The maximum atomic E-state index is 12.8. The summed E-state index contributed by atoms with van der Waals surface area (Å²) < 4.78 is 5.69. The lowest BCUT2D eigenvalue weighted by molar-refractivity contribution is -0.0233. The molecular weight excluding hydrogens is 406 g/mol. The normalized spacial score (nSPS) is 24.1. The van der Waals surface area contributed by atoms with E-state index in [-0.39, 0.29) is 24.1 Å². The van der Waals surface area contributed by atoms with Gasteiger partial charge in [0.2, 0.25) is 0 Å². The van der Waals surface area contributed by atoms with Crippen LogP contribution in [0.25, 0.3) is 5.57 Å². The first-order valence-electron chi connectivity index (χ1n) is 10.2. The molecule has 1 aromatic heterocycles. The van der Waals surface area contributed by atoms with Crippen molar-refractivity contribution in [3.63, 3.8) is 0 Å². The van der Waals surface area contributed by atoms with Crippen molar-refractivity contribution >= 4 is 35.0 Å². The zero-order valence-electron chi connectivity index (χ0n) is 17.5. The van der Waals surface area contributed by atoms with Crippen molar-refractivity contribution in [2.24, 2.45) is 5.92 Å². The van der Waals surface area contributed by atoms with Crippen LogP contribution in [0.3, 0.4) is 0 Å². The number of carbonyl (C=O) groups is 1. The molecule has 1 amide bonds. The molecular formula is C22H30ClN3O2S. The zero-order valence-corrected chi connectivity index (χ0v) is 19.1. The largest absolute Gasteiger partial charge is 0.444 e. The fourth-order valence-electron chi connectivity index (χ4n) is 4.31. The van der Waals surface area contributed by atoms with Gasteiger partial charge in [-0.05, 0) is 70.4 Å². The van der Waals surface area contributed by atoms with Gasteiger partial charge >= 0.3 is 6.09 Å². The number of nitrogens with zero attached hydrogens (tertiary/aromatic N) is 3. The van der Waals surface area contributed by atoms with E-state index in [2.05, 4.69) is 23.4 Å². The Hall–Kier alpha value is -1.53. The predicted octanol–water partition coefficient (Wildman–Crippen LogP) is 5.99. The fraction of sp³-hybridized carbons (Fsp3) is 0.591. The first-order valence-corrected chi connectivity index (χ1v) is 11.5. The van der Waals surface area contributed by atoms with Crippen LogP contribution in [0.2, 0.25) is 5.15 Å². The fourth-order valence-corrected chi connectivity index (χ4v) is 5.32. The van der Waals surface area contributed by atoms with Crippen LogP contribution in [-0.4, -0.2) is 44.6 Å². The van der Waals surface area contributed by atoms with E-state index in [0.29, 0.717) is 5.15 Å². The molecule has 7 heteroatoms. The summed E-state index contributed by atoms with van der Waals surface area (Å²) in [6.07, 6.45) is 6.58. The standard InChI is InChI=1S/C22H30ClN3O2S/c1-6-10-29-18-13-19(23)24-25-20(18)14(2)15-11-16-8-7-9-17(12-15)26(16)21(27)28-22(3,4)5/h6,13,15-17H,1-2,7-12H2,3-5H3/t15?,16-,17+. The number of aromatic nitrogens is 2. The molecule has 29 heavy (non-hydrogen) atoms. The van der Waals surface area contributed by atoms with Crippen molar-refractivity contribution in [2.75, 3.05) is 5.75 Å². The third kappa shape index (κ3) is 5.34. The van der Waals surface area contributed by atoms with Crippen LogP contribution in [0.4, 0.5) is 4.79 Å². The Morgan fingerprint density at radius 3 is 2.59 bits per heavy atom. The van der Waals surface area contributed by atoms with Gasteiger partial charge in [-0.25, -0.2) is 4.79 Å². The highest BCUT2D eigenvalue weighted by Gasteiger charge is 2.43. The third-order valence-corrected chi connectivity index (χ3v) is 6.67. The summed E-state index contributed by atoms with van der Waals surface area (Å²) in [5.74, 6) is 1.03. The minimum Gasteiger partial charge on any atom is -0.444 e. The molecule has 0 spiro atoms. The molecule has 3 rings (SSSR count). The van der Waals surface area contributed by atoms with Gasteiger partial charge in [-0.15, -0.1) is 28.5 Å². The van der Waals surface area contributed by atoms with E-state index >= 15 is 0 Å². The molecule has 2 aliphatic rings. The van der Waals surface area contributed by atoms with E-state index in [4.69, 9.17) is 16.3 Å². The Balaban J connectivity index is 1.78. The quantitative estimate of drug-likeness (QED) is 0.420. The molecule has 3 heterocycles. The summed E-state index contributed by atoms with van der Waals surface area (Å²) >= 11 is 7.71. The molecule has 2 aliphatic heterocycles. The highest BCUT2D eigenvalue weighted by Crippen LogP contribution is 2.43. The molecule has 0 radical (unpaired) electrons. The van der Waals surface area contributed by atoms with Gasteiger partial charge in [0.25, 0.3) is 0 Å². The van der Waals surface area contributed by atoms with Crippen LogP contribution in [0.15, 0.2) is 30.2 Å². The smallest absolute Gasteiger partial charge is 0.410 e. The van der Waals surface area contributed by atoms with E-state index in [1.54, 1.807) is 11.8 Å². The molecule has 3 atom stereocenters. The number of hydrogen-bond donors (Lipinski definition) is 0. The van der Waals surface area contributed by atoms with Crippen LogP contribution < -0.4 is 0 Å². The summed E-state index contributed by atoms with van der Waals surface area (Å²) in [5.41, 5.74) is 1.32. The highest BCUT2D eigenvalue weighted by atomic mass is 35.5. The predicted molar refractivity (Wildman–Crippen MR) is 119 cm³/mol. The number of amides is 1. The SMILES string of the molecule is C=CCSc1cc(Cl)nnc1C(=C)C1C[C@H]2CCC[C@@H](C1)N2C(=O)OC(C)(C)C. The molecule has 0 aromatic carbocycles. The lowest BCUT2D eigenvalue weighted by Crippen LogP contribution is -2.55. The monoisotopic (exact) mass is 435 g/mol. The minimum absolute atomic E-state index is 0.184. The van der Waals surface area contributed by atoms with Gasteiger partial charge in [-0.2, -0.15) is 0 Å². The van der Waals surface area contributed by atoms with Crippen LogP contribution in [0.5, 0.6) is 0 Å². The molecule has 2 fully saturated rings. The number of hydrogen-bond acceptors (Lipinski definition) is 5. The molecule has 0 N–H and O–H groups in total.